The Morgan fingerprint density at radius 2 is 1.62 bits per heavy atom. The van der Waals surface area contributed by atoms with E-state index in [1.165, 1.54) is 24.0 Å². The molecule has 0 atom stereocenters. The van der Waals surface area contributed by atoms with Crippen LogP contribution in [0.3, 0.4) is 0 Å². The van der Waals surface area contributed by atoms with Gasteiger partial charge in [0.2, 0.25) is 0 Å². The van der Waals surface area contributed by atoms with E-state index in [-0.39, 0.29) is 35.1 Å². The quantitative estimate of drug-likeness (QED) is 0.379. The number of benzene rings is 2. The van der Waals surface area contributed by atoms with Gasteiger partial charge in [-0.1, -0.05) is 6.07 Å². The fourth-order valence-corrected chi connectivity index (χ4v) is 4.71. The third kappa shape index (κ3) is 5.55. The van der Waals surface area contributed by atoms with Gasteiger partial charge in [0.25, 0.3) is 23.6 Å². The largest absolute Gasteiger partial charge is 0.427 e. The smallest absolute Gasteiger partial charge is 0.308 e. The molecule has 4 rings (SSSR count). The minimum absolute atomic E-state index is 0.179. The molecule has 2 aromatic carbocycles. The first-order valence-electron chi connectivity index (χ1n) is 12.3. The number of likely N-dealkylation sites (tertiary alicyclic amines) is 1. The first-order chi connectivity index (χ1) is 17.5. The molecule has 0 aliphatic carbocycles. The summed E-state index contributed by atoms with van der Waals surface area (Å²) in [7, 11) is 0. The lowest BCUT2D eigenvalue weighted by atomic mass is 9.95. The molecule has 0 bridgehead atoms. The van der Waals surface area contributed by atoms with Gasteiger partial charge in [0.05, 0.1) is 11.1 Å². The minimum Gasteiger partial charge on any atom is -0.427 e. The molecule has 2 aliphatic heterocycles. The van der Waals surface area contributed by atoms with Gasteiger partial charge in [-0.3, -0.25) is 28.9 Å². The van der Waals surface area contributed by atoms with Crippen LogP contribution in [0.2, 0.25) is 0 Å². The van der Waals surface area contributed by atoms with Crippen LogP contribution in [-0.2, 0) is 4.79 Å². The first-order valence-corrected chi connectivity index (χ1v) is 12.3. The highest BCUT2D eigenvalue weighted by molar-refractivity contribution is 6.22. The van der Waals surface area contributed by atoms with E-state index in [9.17, 15) is 24.0 Å². The molecule has 2 aromatic rings. The summed E-state index contributed by atoms with van der Waals surface area (Å²) in [4.78, 5) is 65.4. The zero-order chi connectivity index (χ0) is 26.9. The van der Waals surface area contributed by atoms with Gasteiger partial charge in [-0.2, -0.15) is 0 Å². The summed E-state index contributed by atoms with van der Waals surface area (Å²) < 4.78 is 5.03. The second-order valence-electron chi connectivity index (χ2n) is 10.4. The highest BCUT2D eigenvalue weighted by atomic mass is 16.5. The van der Waals surface area contributed by atoms with Crippen LogP contribution < -0.4 is 10.1 Å². The maximum Gasteiger partial charge on any atom is 0.308 e. The van der Waals surface area contributed by atoms with Crippen LogP contribution in [0.25, 0.3) is 0 Å². The number of rotatable bonds is 5. The fourth-order valence-electron chi connectivity index (χ4n) is 4.71. The molecular weight excluding hydrogens is 474 g/mol. The lowest BCUT2D eigenvalue weighted by Crippen LogP contribution is -2.45. The van der Waals surface area contributed by atoms with E-state index in [2.05, 4.69) is 5.32 Å². The number of nitrogens with one attached hydrogen (secondary N) is 1. The molecule has 0 unspecified atom stereocenters. The number of fused-ring (bicyclic) bond motifs is 1. The second-order valence-corrected chi connectivity index (χ2v) is 10.4. The molecular formula is C28H31N3O6. The number of piperidine rings is 1. The Morgan fingerprint density at radius 1 is 0.946 bits per heavy atom. The molecule has 0 aromatic heterocycles. The Kier molecular flexibility index (Phi) is 7.16. The molecule has 194 valence electrons. The molecule has 1 fully saturated rings. The lowest BCUT2D eigenvalue weighted by molar-refractivity contribution is -0.131. The van der Waals surface area contributed by atoms with E-state index in [0.717, 1.165) is 12.8 Å². The van der Waals surface area contributed by atoms with Crippen molar-refractivity contribution in [2.45, 2.75) is 46.1 Å². The van der Waals surface area contributed by atoms with Crippen molar-refractivity contribution in [3.63, 3.8) is 0 Å². The molecule has 2 heterocycles. The van der Waals surface area contributed by atoms with E-state index in [0.29, 0.717) is 42.1 Å². The van der Waals surface area contributed by atoms with Gasteiger partial charge in [0.15, 0.2) is 0 Å². The molecule has 1 saturated heterocycles. The predicted molar refractivity (Wildman–Crippen MR) is 135 cm³/mol. The highest BCUT2D eigenvalue weighted by Gasteiger charge is 2.42. The van der Waals surface area contributed by atoms with Crippen LogP contribution in [0.5, 0.6) is 5.75 Å². The average Bonchev–Trinajstić information content (AvgIpc) is 3.11. The Morgan fingerprint density at radius 3 is 2.27 bits per heavy atom. The standard InChI is InChI=1S/C28H31N3O6/c1-17(32)37-21-7-5-6-19(14-21)24(33)29-16-18-10-12-30(13-11-18)25(34)20-8-9-22-23(15-20)27(36)31(26(22)35)28(2,3)4/h5-9,14-15,18H,10-13,16H2,1-4H3,(H,29,33). The van der Waals surface area contributed by atoms with Gasteiger partial charge in [-0.05, 0) is 75.9 Å². The van der Waals surface area contributed by atoms with E-state index in [1.807, 2.05) is 0 Å². The summed E-state index contributed by atoms with van der Waals surface area (Å²) in [6, 6.07) is 11.1. The maximum atomic E-state index is 13.1. The zero-order valence-electron chi connectivity index (χ0n) is 21.5. The fraction of sp³-hybridized carbons (Fsp3) is 0.393. The van der Waals surface area contributed by atoms with Crippen molar-refractivity contribution in [1.82, 2.24) is 15.1 Å². The van der Waals surface area contributed by atoms with Crippen molar-refractivity contribution in [2.24, 2.45) is 5.92 Å². The molecule has 4 amide bonds. The molecule has 9 heteroatoms. The third-order valence-electron chi connectivity index (χ3n) is 6.62. The SMILES string of the molecule is CC(=O)Oc1cccc(C(=O)NCC2CCN(C(=O)c3ccc4c(c3)C(=O)N(C(C)(C)C)C4=O)CC2)c1. The number of imide groups is 1. The summed E-state index contributed by atoms with van der Waals surface area (Å²) in [5.41, 5.74) is 0.723. The molecule has 0 radical (unpaired) electrons. The second kappa shape index (κ2) is 10.2. The number of nitrogens with zero attached hydrogens (tertiary/aromatic N) is 2. The number of ether oxygens (including phenoxy) is 1. The van der Waals surface area contributed by atoms with Crippen LogP contribution in [-0.4, -0.2) is 64.6 Å². The molecule has 0 saturated carbocycles. The van der Waals surface area contributed by atoms with Crippen molar-refractivity contribution >= 4 is 29.6 Å². The Labute approximate surface area is 215 Å². The Hall–Kier alpha value is -4.01. The molecule has 2 aliphatic rings. The summed E-state index contributed by atoms with van der Waals surface area (Å²) >= 11 is 0. The lowest BCUT2D eigenvalue weighted by Gasteiger charge is -2.32. The third-order valence-corrected chi connectivity index (χ3v) is 6.62. The van der Waals surface area contributed by atoms with Crippen molar-refractivity contribution in [2.75, 3.05) is 19.6 Å². The van der Waals surface area contributed by atoms with E-state index in [1.54, 1.807) is 56.0 Å². The zero-order valence-corrected chi connectivity index (χ0v) is 21.5. The van der Waals surface area contributed by atoms with Crippen LogP contribution in [0, 0.1) is 5.92 Å². The summed E-state index contributed by atoms with van der Waals surface area (Å²) in [5, 5.41) is 2.92. The van der Waals surface area contributed by atoms with Crippen LogP contribution >= 0.6 is 0 Å². The van der Waals surface area contributed by atoms with Gasteiger partial charge in [-0.15, -0.1) is 0 Å². The Bertz CT molecular complexity index is 1270. The number of carbonyl (C=O) groups excluding carboxylic acids is 5. The monoisotopic (exact) mass is 505 g/mol. The van der Waals surface area contributed by atoms with Crippen molar-refractivity contribution in [3.05, 3.63) is 64.7 Å². The first kappa shape index (κ1) is 26.1. The molecule has 1 N–H and O–H groups in total. The van der Waals surface area contributed by atoms with Gasteiger partial charge in [-0.25, -0.2) is 0 Å². The number of hydrogen-bond donors (Lipinski definition) is 1. The number of hydrogen-bond acceptors (Lipinski definition) is 6. The summed E-state index contributed by atoms with van der Waals surface area (Å²) in [6.45, 7) is 8.22. The van der Waals surface area contributed by atoms with Crippen molar-refractivity contribution in [1.29, 1.82) is 0 Å². The van der Waals surface area contributed by atoms with Gasteiger partial charge in [0, 0.05) is 43.2 Å². The van der Waals surface area contributed by atoms with Gasteiger partial charge in [0.1, 0.15) is 5.75 Å². The van der Waals surface area contributed by atoms with Gasteiger partial charge >= 0.3 is 5.97 Å². The normalized spacial score (nSPS) is 16.0. The minimum atomic E-state index is -0.653. The van der Waals surface area contributed by atoms with E-state index in [4.69, 9.17) is 4.74 Å². The summed E-state index contributed by atoms with van der Waals surface area (Å²) in [5.74, 6) is -1.08. The van der Waals surface area contributed by atoms with Crippen molar-refractivity contribution in [3.8, 4) is 5.75 Å². The van der Waals surface area contributed by atoms with Gasteiger partial charge < -0.3 is 15.0 Å². The van der Waals surface area contributed by atoms with E-state index < -0.39 is 11.5 Å². The highest BCUT2D eigenvalue weighted by Crippen LogP contribution is 2.30. The maximum absolute atomic E-state index is 13.1. The number of carbonyl (C=O) groups is 5. The van der Waals surface area contributed by atoms with Crippen LogP contribution in [0.15, 0.2) is 42.5 Å². The average molecular weight is 506 g/mol. The molecule has 37 heavy (non-hydrogen) atoms. The number of esters is 1. The Balaban J connectivity index is 1.32. The van der Waals surface area contributed by atoms with Crippen LogP contribution in [0.1, 0.15) is 82.0 Å². The van der Waals surface area contributed by atoms with E-state index >= 15 is 0 Å². The molecule has 9 nitrogen and oxygen atoms in total. The predicted octanol–water partition coefficient (Wildman–Crippen LogP) is 3.29. The van der Waals surface area contributed by atoms with Crippen molar-refractivity contribution < 1.29 is 28.7 Å². The molecule has 0 spiro atoms. The van der Waals surface area contributed by atoms with Crippen LogP contribution in [0.4, 0.5) is 0 Å². The summed E-state index contributed by atoms with van der Waals surface area (Å²) in [6.07, 6.45) is 1.44. The number of amides is 4. The topological polar surface area (TPSA) is 113 Å².